The molecule has 4 nitrogen and oxygen atoms in total. The molecule has 88 valence electrons. The van der Waals surface area contributed by atoms with Gasteiger partial charge in [-0.05, 0) is 25.7 Å². The van der Waals surface area contributed by atoms with Gasteiger partial charge >= 0.3 is 5.97 Å². The lowest BCUT2D eigenvalue weighted by atomic mass is 9.93. The molecule has 0 aromatic heterocycles. The molecule has 0 aliphatic carbocycles. The molecule has 0 fully saturated rings. The number of hydrogen-bond acceptors (Lipinski definition) is 4. The van der Waals surface area contributed by atoms with E-state index in [9.17, 15) is 9.59 Å². The van der Waals surface area contributed by atoms with E-state index in [-0.39, 0.29) is 11.9 Å². The Labute approximate surface area is 90.9 Å². The Morgan fingerprint density at radius 3 is 2.13 bits per heavy atom. The first-order valence-electron chi connectivity index (χ1n) is 4.98. The second-order valence-electron chi connectivity index (χ2n) is 5.17. The van der Waals surface area contributed by atoms with E-state index in [1.807, 2.05) is 0 Å². The van der Waals surface area contributed by atoms with E-state index in [1.54, 1.807) is 0 Å². The maximum Gasteiger partial charge on any atom is 0.349 e. The molecular formula is C11H20O4. The van der Waals surface area contributed by atoms with Crippen LogP contribution >= 0.6 is 0 Å². The maximum atomic E-state index is 11.4. The standard InChI is InChI=1S/C11H20O4/c1-10(2,3)6-7-14-9(13)11(4,5)15-8-12/h8H,6-7H2,1-5H3. The first kappa shape index (κ1) is 13.9. The van der Waals surface area contributed by atoms with Crippen molar-refractivity contribution in [2.45, 2.75) is 46.6 Å². The van der Waals surface area contributed by atoms with Crippen molar-refractivity contribution in [2.75, 3.05) is 6.61 Å². The summed E-state index contributed by atoms with van der Waals surface area (Å²) in [5.41, 5.74) is -1.07. The van der Waals surface area contributed by atoms with Crippen LogP contribution in [0, 0.1) is 5.41 Å². The predicted molar refractivity (Wildman–Crippen MR) is 56.3 cm³/mol. The number of hydrogen-bond donors (Lipinski definition) is 0. The van der Waals surface area contributed by atoms with Crippen molar-refractivity contribution in [2.24, 2.45) is 5.41 Å². The molecule has 0 aliphatic rings. The fourth-order valence-electron chi connectivity index (χ4n) is 0.792. The summed E-state index contributed by atoms with van der Waals surface area (Å²) in [6.45, 7) is 9.79. The molecule has 0 heterocycles. The van der Waals surface area contributed by atoms with Gasteiger partial charge in [-0.2, -0.15) is 0 Å². The lowest BCUT2D eigenvalue weighted by Crippen LogP contribution is -2.36. The summed E-state index contributed by atoms with van der Waals surface area (Å²) >= 11 is 0. The van der Waals surface area contributed by atoms with E-state index >= 15 is 0 Å². The van der Waals surface area contributed by atoms with E-state index in [1.165, 1.54) is 13.8 Å². The van der Waals surface area contributed by atoms with Gasteiger partial charge < -0.3 is 9.47 Å². The fraction of sp³-hybridized carbons (Fsp3) is 0.818. The summed E-state index contributed by atoms with van der Waals surface area (Å²) in [5, 5.41) is 0. The Hall–Kier alpha value is -1.06. The summed E-state index contributed by atoms with van der Waals surface area (Å²) in [6.07, 6.45) is 0.774. The van der Waals surface area contributed by atoms with Gasteiger partial charge in [0.05, 0.1) is 6.61 Å². The summed E-state index contributed by atoms with van der Waals surface area (Å²) in [4.78, 5) is 21.6. The Bertz CT molecular complexity index is 225. The molecule has 0 aromatic rings. The lowest BCUT2D eigenvalue weighted by Gasteiger charge is -2.22. The van der Waals surface area contributed by atoms with Gasteiger partial charge in [-0.1, -0.05) is 20.8 Å². The van der Waals surface area contributed by atoms with Gasteiger partial charge in [-0.15, -0.1) is 0 Å². The van der Waals surface area contributed by atoms with Crippen LogP contribution in [0.1, 0.15) is 41.0 Å². The fourth-order valence-corrected chi connectivity index (χ4v) is 0.792. The van der Waals surface area contributed by atoms with Crippen molar-refractivity contribution < 1.29 is 19.1 Å². The van der Waals surface area contributed by atoms with Crippen molar-refractivity contribution in [3.8, 4) is 0 Å². The van der Waals surface area contributed by atoms with Gasteiger partial charge in [0, 0.05) is 0 Å². The lowest BCUT2D eigenvalue weighted by molar-refractivity contribution is -0.172. The van der Waals surface area contributed by atoms with Crippen LogP contribution in [0.5, 0.6) is 0 Å². The van der Waals surface area contributed by atoms with E-state index in [2.05, 4.69) is 25.5 Å². The van der Waals surface area contributed by atoms with Gasteiger partial charge in [0.1, 0.15) is 0 Å². The smallest absolute Gasteiger partial charge is 0.349 e. The van der Waals surface area contributed by atoms with Crippen LogP contribution < -0.4 is 0 Å². The monoisotopic (exact) mass is 216 g/mol. The topological polar surface area (TPSA) is 52.6 Å². The number of rotatable bonds is 5. The molecule has 0 bridgehead atoms. The van der Waals surface area contributed by atoms with Crippen molar-refractivity contribution in [1.82, 2.24) is 0 Å². The highest BCUT2D eigenvalue weighted by Gasteiger charge is 2.31. The summed E-state index contributed by atoms with van der Waals surface area (Å²) < 4.78 is 9.63. The summed E-state index contributed by atoms with van der Waals surface area (Å²) in [6, 6.07) is 0. The van der Waals surface area contributed by atoms with Crippen molar-refractivity contribution in [1.29, 1.82) is 0 Å². The first-order valence-corrected chi connectivity index (χ1v) is 4.98. The van der Waals surface area contributed by atoms with Gasteiger partial charge in [-0.25, -0.2) is 4.79 Å². The number of carbonyl (C=O) groups excluding carboxylic acids is 2. The van der Waals surface area contributed by atoms with Crippen LogP contribution in [-0.2, 0) is 19.1 Å². The third-order valence-corrected chi connectivity index (χ3v) is 1.92. The van der Waals surface area contributed by atoms with Crippen LogP contribution in [0.15, 0.2) is 0 Å². The van der Waals surface area contributed by atoms with Crippen LogP contribution in [0.4, 0.5) is 0 Å². The zero-order valence-corrected chi connectivity index (χ0v) is 10.1. The van der Waals surface area contributed by atoms with Crippen molar-refractivity contribution >= 4 is 12.4 Å². The molecule has 0 spiro atoms. The molecule has 0 N–H and O–H groups in total. The molecule has 0 radical (unpaired) electrons. The third kappa shape index (κ3) is 6.10. The average molecular weight is 216 g/mol. The highest BCUT2D eigenvalue weighted by atomic mass is 16.6. The molecule has 0 rings (SSSR count). The van der Waals surface area contributed by atoms with Gasteiger partial charge in [0.15, 0.2) is 0 Å². The Morgan fingerprint density at radius 2 is 1.73 bits per heavy atom. The molecule has 0 unspecified atom stereocenters. The predicted octanol–water partition coefficient (Wildman–Crippen LogP) is 1.92. The molecule has 15 heavy (non-hydrogen) atoms. The molecule has 0 atom stereocenters. The molecule has 0 aromatic carbocycles. The SMILES string of the molecule is CC(C)(C)CCOC(=O)C(C)(C)OC=O. The molecule has 4 heteroatoms. The van der Waals surface area contributed by atoms with Crippen LogP contribution in [0.25, 0.3) is 0 Å². The molecular weight excluding hydrogens is 196 g/mol. The summed E-state index contributed by atoms with van der Waals surface area (Å²) in [7, 11) is 0. The molecule has 0 saturated carbocycles. The minimum absolute atomic E-state index is 0.121. The Kier molecular flexibility index (Phi) is 4.78. The maximum absolute atomic E-state index is 11.4. The zero-order chi connectivity index (χ0) is 12.1. The highest BCUT2D eigenvalue weighted by molar-refractivity contribution is 5.79. The van der Waals surface area contributed by atoms with Crippen LogP contribution in [-0.4, -0.2) is 24.6 Å². The van der Waals surface area contributed by atoms with Crippen molar-refractivity contribution in [3.63, 3.8) is 0 Å². The Balaban J connectivity index is 3.99. The van der Waals surface area contributed by atoms with E-state index < -0.39 is 11.6 Å². The van der Waals surface area contributed by atoms with Gasteiger partial charge in [-0.3, -0.25) is 4.79 Å². The minimum Gasteiger partial charge on any atom is -0.463 e. The second kappa shape index (κ2) is 5.14. The number of ether oxygens (including phenoxy) is 2. The van der Waals surface area contributed by atoms with E-state index in [0.29, 0.717) is 6.61 Å². The van der Waals surface area contributed by atoms with Gasteiger partial charge in [0.2, 0.25) is 5.60 Å². The second-order valence-corrected chi connectivity index (χ2v) is 5.17. The van der Waals surface area contributed by atoms with E-state index in [4.69, 9.17) is 4.74 Å². The number of carbonyl (C=O) groups is 2. The largest absolute Gasteiger partial charge is 0.463 e. The van der Waals surface area contributed by atoms with Crippen molar-refractivity contribution in [3.05, 3.63) is 0 Å². The highest BCUT2D eigenvalue weighted by Crippen LogP contribution is 2.19. The quantitative estimate of drug-likeness (QED) is 0.520. The summed E-state index contributed by atoms with van der Waals surface area (Å²) in [5.74, 6) is -0.515. The molecule has 0 aliphatic heterocycles. The van der Waals surface area contributed by atoms with Crippen LogP contribution in [0.3, 0.4) is 0 Å². The zero-order valence-electron chi connectivity index (χ0n) is 10.1. The first-order chi connectivity index (χ1) is 6.69. The molecule has 0 saturated heterocycles. The van der Waals surface area contributed by atoms with E-state index in [0.717, 1.165) is 6.42 Å². The molecule has 0 amide bonds. The van der Waals surface area contributed by atoms with Gasteiger partial charge in [0.25, 0.3) is 6.47 Å². The van der Waals surface area contributed by atoms with Crippen LogP contribution in [0.2, 0.25) is 0 Å². The third-order valence-electron chi connectivity index (χ3n) is 1.92. The average Bonchev–Trinajstić information content (AvgIpc) is 2.01. The number of esters is 1. The Morgan fingerprint density at radius 1 is 1.20 bits per heavy atom. The normalized spacial score (nSPS) is 12.1. The minimum atomic E-state index is -1.19.